The van der Waals surface area contributed by atoms with Crippen molar-refractivity contribution in [2.24, 2.45) is 7.05 Å². The van der Waals surface area contributed by atoms with Crippen LogP contribution < -0.4 is 4.90 Å². The van der Waals surface area contributed by atoms with Gasteiger partial charge in [0, 0.05) is 12.6 Å². The van der Waals surface area contributed by atoms with E-state index in [1.807, 2.05) is 37.3 Å². The molecule has 23 heavy (non-hydrogen) atoms. The van der Waals surface area contributed by atoms with Gasteiger partial charge in [-0.2, -0.15) is 5.10 Å². The van der Waals surface area contributed by atoms with Crippen LogP contribution in [0.5, 0.6) is 0 Å². The summed E-state index contributed by atoms with van der Waals surface area (Å²) in [7, 11) is 1.76. The van der Waals surface area contributed by atoms with Crippen molar-refractivity contribution >= 4 is 11.7 Å². The number of fused-ring (bicyclic) bond motifs is 1. The van der Waals surface area contributed by atoms with E-state index < -0.39 is 6.04 Å². The lowest BCUT2D eigenvalue weighted by molar-refractivity contribution is -0.119. The molecule has 0 radical (unpaired) electrons. The van der Waals surface area contributed by atoms with Gasteiger partial charge in [0.15, 0.2) is 0 Å². The van der Waals surface area contributed by atoms with Crippen LogP contribution in [0.4, 0.5) is 5.82 Å². The molecule has 0 saturated heterocycles. The maximum Gasteiger partial charge on any atom is 0.242 e. The summed E-state index contributed by atoms with van der Waals surface area (Å²) in [5.74, 6) is 2.76. The van der Waals surface area contributed by atoms with Gasteiger partial charge in [-0.25, -0.2) is 0 Å². The summed E-state index contributed by atoms with van der Waals surface area (Å²) in [5, 5.41) is 17.9. The van der Waals surface area contributed by atoms with Gasteiger partial charge < -0.3 is 10.3 Å². The van der Waals surface area contributed by atoms with E-state index in [9.17, 15) is 10.0 Å². The molecule has 1 aliphatic heterocycles. The van der Waals surface area contributed by atoms with Crippen LogP contribution in [-0.2, 0) is 11.8 Å². The second-order valence-corrected chi connectivity index (χ2v) is 5.52. The monoisotopic (exact) mass is 309 g/mol. The maximum atomic E-state index is 12.7. The van der Waals surface area contributed by atoms with Gasteiger partial charge in [-0.05, 0) is 12.5 Å². The molecule has 118 valence electrons. The molecule has 1 atom stereocenters. The Kier molecular flexibility index (Phi) is 3.90. The standard InChI is InChI=1S/C17H17N4O2/c1-4-10-20-14(22)11-21(23)16(13-8-6-5-7-9-13)15-12(2)18-19(3)17(15)20/h1,5-9,16H,10-11H2,2-3H3/q-1. The van der Waals surface area contributed by atoms with Crippen LogP contribution in [0.25, 0.3) is 0 Å². The number of hydroxylamine groups is 2. The van der Waals surface area contributed by atoms with Crippen molar-refractivity contribution in [2.75, 3.05) is 18.0 Å². The number of hydrogen-bond donors (Lipinski definition) is 0. The molecule has 0 bridgehead atoms. The number of terminal acetylenes is 1. The fourth-order valence-corrected chi connectivity index (χ4v) is 3.10. The predicted octanol–water partition coefficient (Wildman–Crippen LogP) is 1.60. The molecular weight excluding hydrogens is 292 g/mol. The van der Waals surface area contributed by atoms with E-state index >= 15 is 0 Å². The summed E-state index contributed by atoms with van der Waals surface area (Å²) in [5.41, 5.74) is 2.28. The fraction of sp³-hybridized carbons (Fsp3) is 0.294. The SMILES string of the molecule is C#CCN1C(=O)CN([O-])C(c2ccccc2)c2c(C)nn(C)c21. The number of aromatic nitrogens is 2. The molecule has 0 spiro atoms. The lowest BCUT2D eigenvalue weighted by Gasteiger charge is -2.35. The average Bonchev–Trinajstić information content (AvgIpc) is 2.74. The summed E-state index contributed by atoms with van der Waals surface area (Å²) in [6, 6.07) is 8.83. The Morgan fingerprint density at radius 3 is 2.74 bits per heavy atom. The van der Waals surface area contributed by atoms with E-state index in [2.05, 4.69) is 11.0 Å². The number of aryl methyl sites for hydroxylation is 2. The highest BCUT2D eigenvalue weighted by Crippen LogP contribution is 2.39. The van der Waals surface area contributed by atoms with Crippen molar-refractivity contribution in [3.05, 3.63) is 52.4 Å². The minimum atomic E-state index is -0.577. The number of carbonyl (C=O) groups excluding carboxylic acids is 1. The lowest BCUT2D eigenvalue weighted by atomic mass is 9.98. The van der Waals surface area contributed by atoms with Crippen molar-refractivity contribution in [1.29, 1.82) is 0 Å². The molecule has 1 aromatic heterocycles. The minimum Gasteiger partial charge on any atom is -0.784 e. The second-order valence-electron chi connectivity index (χ2n) is 5.52. The molecule has 3 rings (SSSR count). The third kappa shape index (κ3) is 2.50. The van der Waals surface area contributed by atoms with E-state index in [-0.39, 0.29) is 19.0 Å². The topological polar surface area (TPSA) is 64.4 Å². The highest BCUT2D eigenvalue weighted by atomic mass is 16.5. The van der Waals surface area contributed by atoms with Gasteiger partial charge in [0.05, 0.1) is 24.8 Å². The zero-order valence-corrected chi connectivity index (χ0v) is 13.1. The normalized spacial score (nSPS) is 18.4. The zero-order valence-electron chi connectivity index (χ0n) is 13.1. The van der Waals surface area contributed by atoms with E-state index in [0.29, 0.717) is 11.5 Å². The van der Waals surface area contributed by atoms with Gasteiger partial charge >= 0.3 is 0 Å². The Morgan fingerprint density at radius 1 is 1.39 bits per heavy atom. The number of rotatable bonds is 2. The van der Waals surface area contributed by atoms with Crippen LogP contribution in [0.2, 0.25) is 0 Å². The smallest absolute Gasteiger partial charge is 0.242 e. The van der Waals surface area contributed by atoms with Crippen LogP contribution in [-0.4, -0.2) is 33.8 Å². The van der Waals surface area contributed by atoms with Crippen LogP contribution >= 0.6 is 0 Å². The second kappa shape index (κ2) is 5.88. The molecule has 2 heterocycles. The number of nitrogens with zero attached hydrogens (tertiary/aromatic N) is 4. The average molecular weight is 309 g/mol. The van der Waals surface area contributed by atoms with E-state index in [1.54, 1.807) is 11.7 Å². The van der Waals surface area contributed by atoms with Gasteiger partial charge in [-0.1, -0.05) is 36.3 Å². The molecule has 1 amide bonds. The largest absolute Gasteiger partial charge is 0.784 e. The summed E-state index contributed by atoms with van der Waals surface area (Å²) < 4.78 is 1.62. The molecule has 0 saturated carbocycles. The molecule has 0 aliphatic carbocycles. The number of anilines is 1. The highest BCUT2D eigenvalue weighted by molar-refractivity contribution is 5.96. The Balaban J connectivity index is 2.24. The molecule has 1 unspecified atom stereocenters. The zero-order chi connectivity index (χ0) is 16.6. The minimum absolute atomic E-state index is 0.111. The third-order valence-corrected chi connectivity index (χ3v) is 4.01. The van der Waals surface area contributed by atoms with Crippen LogP contribution in [0.1, 0.15) is 22.9 Å². The fourth-order valence-electron chi connectivity index (χ4n) is 3.10. The molecular formula is C17H17N4O2-. The van der Waals surface area contributed by atoms with Crippen molar-refractivity contribution in [3.8, 4) is 12.3 Å². The van der Waals surface area contributed by atoms with E-state index in [0.717, 1.165) is 16.2 Å². The molecule has 1 aromatic carbocycles. The Bertz CT molecular complexity index is 776. The van der Waals surface area contributed by atoms with Gasteiger partial charge in [-0.3, -0.25) is 14.4 Å². The number of benzene rings is 1. The third-order valence-electron chi connectivity index (χ3n) is 4.01. The first-order chi connectivity index (χ1) is 11.0. The quantitative estimate of drug-likeness (QED) is 0.790. The van der Waals surface area contributed by atoms with Crippen LogP contribution in [0.3, 0.4) is 0 Å². The Morgan fingerprint density at radius 2 is 2.09 bits per heavy atom. The highest BCUT2D eigenvalue weighted by Gasteiger charge is 2.34. The van der Waals surface area contributed by atoms with Gasteiger partial charge in [-0.15, -0.1) is 6.42 Å². The number of hydrogen-bond acceptors (Lipinski definition) is 4. The summed E-state index contributed by atoms with van der Waals surface area (Å²) in [6.45, 7) is 1.71. The molecule has 0 fully saturated rings. The maximum absolute atomic E-state index is 12.7. The molecule has 6 nitrogen and oxygen atoms in total. The van der Waals surface area contributed by atoms with Crippen molar-refractivity contribution < 1.29 is 4.79 Å². The number of amides is 1. The summed E-state index contributed by atoms with van der Waals surface area (Å²) >= 11 is 0. The summed E-state index contributed by atoms with van der Waals surface area (Å²) in [4.78, 5) is 13.9. The molecule has 2 aromatic rings. The Hall–Kier alpha value is -2.62. The summed E-state index contributed by atoms with van der Waals surface area (Å²) in [6.07, 6.45) is 5.40. The first-order valence-electron chi connectivity index (χ1n) is 7.30. The van der Waals surface area contributed by atoms with E-state index in [1.165, 1.54) is 4.90 Å². The first kappa shape index (κ1) is 15.3. The van der Waals surface area contributed by atoms with Crippen molar-refractivity contribution in [1.82, 2.24) is 14.8 Å². The van der Waals surface area contributed by atoms with Crippen molar-refractivity contribution in [3.63, 3.8) is 0 Å². The van der Waals surface area contributed by atoms with Gasteiger partial charge in [0.1, 0.15) is 5.82 Å². The van der Waals surface area contributed by atoms with Crippen LogP contribution in [0.15, 0.2) is 30.3 Å². The van der Waals surface area contributed by atoms with Gasteiger partial charge in [0.2, 0.25) is 5.91 Å². The van der Waals surface area contributed by atoms with Crippen molar-refractivity contribution in [2.45, 2.75) is 13.0 Å². The molecule has 6 heteroatoms. The predicted molar refractivity (Wildman–Crippen MR) is 87.5 cm³/mol. The van der Waals surface area contributed by atoms with Crippen LogP contribution in [0, 0.1) is 24.5 Å². The Labute approximate surface area is 134 Å². The lowest BCUT2D eigenvalue weighted by Crippen LogP contribution is -2.37. The number of carbonyl (C=O) groups is 1. The molecule has 1 aliphatic rings. The molecule has 0 N–H and O–H groups in total. The first-order valence-corrected chi connectivity index (χ1v) is 7.30. The van der Waals surface area contributed by atoms with Gasteiger partial charge in [0.25, 0.3) is 0 Å². The van der Waals surface area contributed by atoms with E-state index in [4.69, 9.17) is 6.42 Å².